The number of rotatable bonds is 2. The van der Waals surface area contributed by atoms with Gasteiger partial charge < -0.3 is 0 Å². The molecule has 0 fully saturated rings. The van der Waals surface area contributed by atoms with Crippen LogP contribution in [0, 0.1) is 11.3 Å². The van der Waals surface area contributed by atoms with E-state index in [-0.39, 0.29) is 17.8 Å². The van der Waals surface area contributed by atoms with E-state index in [1.165, 1.54) is 12.3 Å². The van der Waals surface area contributed by atoms with Crippen LogP contribution in [0.5, 0.6) is 0 Å². The number of hydrogen-bond donors (Lipinski definition) is 0. The summed E-state index contributed by atoms with van der Waals surface area (Å²) in [6.45, 7) is 0. The van der Waals surface area contributed by atoms with Crippen molar-refractivity contribution in [1.29, 1.82) is 5.26 Å². The molecule has 0 aliphatic heterocycles. The lowest BCUT2D eigenvalue weighted by Crippen LogP contribution is -2.06. The average Bonchev–Trinajstić information content (AvgIpc) is 2.38. The Labute approximate surface area is 112 Å². The van der Waals surface area contributed by atoms with Gasteiger partial charge in [0, 0.05) is 12.7 Å². The van der Waals surface area contributed by atoms with Crippen molar-refractivity contribution >= 4 is 9.84 Å². The number of hydrogen-bond acceptors (Lipinski definition) is 3. The maximum Gasteiger partial charge on any atom is 0.175 e. The van der Waals surface area contributed by atoms with E-state index < -0.39 is 9.84 Å². The fourth-order valence-electron chi connectivity index (χ4n) is 2.23. The van der Waals surface area contributed by atoms with Crippen LogP contribution in [0.25, 0.3) is 0 Å². The van der Waals surface area contributed by atoms with Gasteiger partial charge in [-0.05, 0) is 42.6 Å². The molecule has 100 valence electrons. The molecule has 0 aromatic rings. The summed E-state index contributed by atoms with van der Waals surface area (Å²) in [5, 5.41) is 8.84. The van der Waals surface area contributed by atoms with Gasteiger partial charge in [0.25, 0.3) is 0 Å². The number of sulfone groups is 1. The van der Waals surface area contributed by atoms with E-state index in [0.717, 1.165) is 17.6 Å². The Morgan fingerprint density at radius 2 is 1.89 bits per heavy atom. The van der Waals surface area contributed by atoms with Crippen LogP contribution >= 0.6 is 0 Å². The molecular weight excluding hydrogens is 265 g/mol. The number of nitrogens with zero attached hydrogens (tertiary/aromatic N) is 1. The van der Waals surface area contributed by atoms with E-state index in [4.69, 9.17) is 5.26 Å². The van der Waals surface area contributed by atoms with Crippen molar-refractivity contribution in [2.45, 2.75) is 25.7 Å². The predicted molar refractivity (Wildman–Crippen MR) is 71.3 cm³/mol. The largest absolute Gasteiger partial charge is 0.224 e. The first-order chi connectivity index (χ1) is 8.91. The molecule has 0 atom stereocenters. The summed E-state index contributed by atoms with van der Waals surface area (Å²) < 4.78 is 36.4. The number of halogens is 1. The highest BCUT2D eigenvalue weighted by Crippen LogP contribution is 2.33. The van der Waals surface area contributed by atoms with E-state index in [9.17, 15) is 12.8 Å². The molecule has 0 amide bonds. The second-order valence-electron chi connectivity index (χ2n) is 4.69. The molecule has 3 nitrogen and oxygen atoms in total. The third-order valence-corrected chi connectivity index (χ3v) is 4.40. The maximum atomic E-state index is 13.3. The van der Waals surface area contributed by atoms with Gasteiger partial charge in [0.05, 0.1) is 10.5 Å². The Morgan fingerprint density at radius 1 is 1.21 bits per heavy atom. The number of allylic oxidation sites excluding steroid dienone is 7. The SMILES string of the molecule is CS(=O)(=O)C1=CCCC(C2=CC(C#N)=C(F)CC2)=C1. The molecule has 0 heterocycles. The van der Waals surface area contributed by atoms with Gasteiger partial charge in [0.15, 0.2) is 9.84 Å². The third kappa shape index (κ3) is 3.02. The van der Waals surface area contributed by atoms with Gasteiger partial charge in [0.1, 0.15) is 11.9 Å². The van der Waals surface area contributed by atoms with E-state index >= 15 is 0 Å². The molecule has 0 unspecified atom stereocenters. The summed E-state index contributed by atoms with van der Waals surface area (Å²) in [7, 11) is -3.22. The summed E-state index contributed by atoms with van der Waals surface area (Å²) in [5.41, 5.74) is 1.81. The second kappa shape index (κ2) is 5.14. The van der Waals surface area contributed by atoms with Crippen molar-refractivity contribution in [2.75, 3.05) is 6.26 Å². The topological polar surface area (TPSA) is 57.9 Å². The molecule has 0 spiro atoms. The monoisotopic (exact) mass is 279 g/mol. The predicted octanol–water partition coefficient (Wildman–Crippen LogP) is 3.10. The van der Waals surface area contributed by atoms with Crippen molar-refractivity contribution in [2.24, 2.45) is 0 Å². The zero-order valence-electron chi connectivity index (χ0n) is 10.6. The number of nitriles is 1. The lowest BCUT2D eigenvalue weighted by atomic mass is 9.89. The quantitative estimate of drug-likeness (QED) is 0.780. The normalized spacial score (nSPS) is 20.4. The molecule has 2 aliphatic carbocycles. The highest BCUT2D eigenvalue weighted by molar-refractivity contribution is 7.94. The highest BCUT2D eigenvalue weighted by atomic mass is 32.2. The first-order valence-corrected chi connectivity index (χ1v) is 7.91. The van der Waals surface area contributed by atoms with Crippen LogP contribution in [0.1, 0.15) is 25.7 Å². The third-order valence-electron chi connectivity index (χ3n) is 3.26. The van der Waals surface area contributed by atoms with Crippen LogP contribution in [0.15, 0.2) is 45.7 Å². The summed E-state index contributed by atoms with van der Waals surface area (Å²) in [5.74, 6) is -0.387. The standard InChI is InChI=1S/C14H14FNO2S/c1-19(17,18)13-4-2-3-10(8-13)11-5-6-14(15)12(7-11)9-16/h4,7-8H,2-3,5-6H2,1H3. The zero-order chi connectivity index (χ0) is 14.0. The van der Waals surface area contributed by atoms with Crippen molar-refractivity contribution in [3.8, 4) is 6.07 Å². The summed E-state index contributed by atoms with van der Waals surface area (Å²) in [6.07, 6.45) is 8.16. The molecule has 0 bridgehead atoms. The lowest BCUT2D eigenvalue weighted by molar-refractivity contribution is 0.576. The van der Waals surface area contributed by atoms with Gasteiger partial charge in [-0.3, -0.25) is 0 Å². The Kier molecular flexibility index (Phi) is 3.72. The smallest absolute Gasteiger partial charge is 0.175 e. The first-order valence-electron chi connectivity index (χ1n) is 6.02. The Bertz CT molecular complexity index is 673. The van der Waals surface area contributed by atoms with Gasteiger partial charge in [-0.25, -0.2) is 12.8 Å². The minimum Gasteiger partial charge on any atom is -0.224 e. The highest BCUT2D eigenvalue weighted by Gasteiger charge is 2.19. The van der Waals surface area contributed by atoms with Gasteiger partial charge in [0.2, 0.25) is 0 Å². The lowest BCUT2D eigenvalue weighted by Gasteiger charge is -2.18. The second-order valence-corrected chi connectivity index (χ2v) is 6.70. The van der Waals surface area contributed by atoms with Crippen LogP contribution < -0.4 is 0 Å². The Hall–Kier alpha value is -1.67. The van der Waals surface area contributed by atoms with Gasteiger partial charge in [-0.1, -0.05) is 6.08 Å². The summed E-state index contributed by atoms with van der Waals surface area (Å²) >= 11 is 0. The van der Waals surface area contributed by atoms with E-state index in [1.807, 2.05) is 6.07 Å². The van der Waals surface area contributed by atoms with Crippen LogP contribution in [0.2, 0.25) is 0 Å². The van der Waals surface area contributed by atoms with Crippen molar-refractivity contribution in [3.05, 3.63) is 45.7 Å². The maximum absolute atomic E-state index is 13.3. The van der Waals surface area contributed by atoms with E-state index in [2.05, 4.69) is 0 Å². The molecule has 0 N–H and O–H groups in total. The van der Waals surface area contributed by atoms with Crippen molar-refractivity contribution < 1.29 is 12.8 Å². The molecular formula is C14H14FNO2S. The van der Waals surface area contributed by atoms with E-state index in [0.29, 0.717) is 17.7 Å². The fourth-order valence-corrected chi connectivity index (χ4v) is 3.01. The minimum absolute atomic E-state index is 0.0533. The van der Waals surface area contributed by atoms with Gasteiger partial charge in [-0.2, -0.15) is 5.26 Å². The van der Waals surface area contributed by atoms with Crippen LogP contribution in [0.4, 0.5) is 4.39 Å². The molecule has 0 radical (unpaired) electrons. The first kappa shape index (κ1) is 13.8. The molecule has 2 rings (SSSR count). The average molecular weight is 279 g/mol. The molecule has 5 heteroatoms. The van der Waals surface area contributed by atoms with Crippen LogP contribution in [0.3, 0.4) is 0 Å². The van der Waals surface area contributed by atoms with Crippen molar-refractivity contribution in [3.63, 3.8) is 0 Å². The Morgan fingerprint density at radius 3 is 2.53 bits per heavy atom. The van der Waals surface area contributed by atoms with Crippen LogP contribution in [-0.2, 0) is 9.84 Å². The van der Waals surface area contributed by atoms with E-state index in [1.54, 1.807) is 12.2 Å². The molecule has 0 aromatic carbocycles. The molecule has 0 saturated carbocycles. The summed E-state index contributed by atoms with van der Waals surface area (Å²) in [6, 6.07) is 1.83. The van der Waals surface area contributed by atoms with Gasteiger partial charge >= 0.3 is 0 Å². The minimum atomic E-state index is -3.22. The molecule has 0 aromatic heterocycles. The Balaban J connectivity index is 2.37. The van der Waals surface area contributed by atoms with Crippen LogP contribution in [-0.4, -0.2) is 14.7 Å². The fraction of sp³-hybridized carbons (Fsp3) is 0.357. The zero-order valence-corrected chi connectivity index (χ0v) is 11.4. The summed E-state index contributed by atoms with van der Waals surface area (Å²) in [4.78, 5) is 0.309. The molecule has 2 aliphatic rings. The van der Waals surface area contributed by atoms with Gasteiger partial charge in [-0.15, -0.1) is 0 Å². The molecule has 0 saturated heterocycles. The van der Waals surface area contributed by atoms with Crippen molar-refractivity contribution in [1.82, 2.24) is 0 Å². The molecule has 19 heavy (non-hydrogen) atoms.